The largest absolute Gasteiger partial charge is 0.493 e. The summed E-state index contributed by atoms with van der Waals surface area (Å²) in [6.07, 6.45) is 1.69. The highest BCUT2D eigenvalue weighted by Crippen LogP contribution is 2.26. The third kappa shape index (κ3) is 5.58. The van der Waals surface area contributed by atoms with Crippen molar-refractivity contribution in [3.05, 3.63) is 59.7 Å². The van der Waals surface area contributed by atoms with E-state index in [-0.39, 0.29) is 0 Å². The van der Waals surface area contributed by atoms with Crippen LogP contribution in [0, 0.1) is 0 Å². The van der Waals surface area contributed by atoms with Crippen LogP contribution >= 0.6 is 24.0 Å². The molecule has 0 spiro atoms. The first-order valence-electron chi connectivity index (χ1n) is 6.94. The van der Waals surface area contributed by atoms with Crippen LogP contribution in [0.15, 0.2) is 53.6 Å². The minimum absolute atomic E-state index is 0.630. The Labute approximate surface area is 145 Å². The third-order valence-electron chi connectivity index (χ3n) is 2.99. The Balaban J connectivity index is 1.85. The van der Waals surface area contributed by atoms with Gasteiger partial charge in [-0.3, -0.25) is 5.43 Å². The molecule has 0 saturated heterocycles. The maximum absolute atomic E-state index is 5.25. The quantitative estimate of drug-likeness (QED) is 0.489. The summed E-state index contributed by atoms with van der Waals surface area (Å²) in [5, 5.41) is 4.15. The molecular weight excluding hydrogens is 328 g/mol. The van der Waals surface area contributed by atoms with Gasteiger partial charge >= 0.3 is 0 Å². The molecule has 0 unspecified atom stereocenters. The molecule has 0 heterocycles. The van der Waals surface area contributed by atoms with Crippen molar-refractivity contribution in [2.24, 2.45) is 5.10 Å². The van der Waals surface area contributed by atoms with Crippen LogP contribution in [0.2, 0.25) is 0 Å². The minimum atomic E-state index is 0.630. The van der Waals surface area contributed by atoms with Gasteiger partial charge in [-0.05, 0) is 29.3 Å². The number of ether oxygens (including phenoxy) is 2. The Morgan fingerprint density at radius 2 is 1.87 bits per heavy atom. The van der Waals surface area contributed by atoms with Gasteiger partial charge in [0.15, 0.2) is 15.8 Å². The molecule has 4 nitrogen and oxygen atoms in total. The van der Waals surface area contributed by atoms with Gasteiger partial charge in [0.25, 0.3) is 0 Å². The number of rotatable bonds is 6. The maximum atomic E-state index is 5.25. The van der Waals surface area contributed by atoms with Gasteiger partial charge in [0.2, 0.25) is 0 Å². The van der Waals surface area contributed by atoms with Crippen molar-refractivity contribution in [3.8, 4) is 11.5 Å². The van der Waals surface area contributed by atoms with E-state index in [4.69, 9.17) is 21.7 Å². The lowest BCUT2D eigenvalue weighted by molar-refractivity contribution is 0.355. The van der Waals surface area contributed by atoms with Crippen LogP contribution in [-0.4, -0.2) is 24.8 Å². The highest BCUT2D eigenvalue weighted by atomic mass is 32.2. The Hall–Kier alpha value is -2.05. The predicted molar refractivity (Wildman–Crippen MR) is 101 cm³/mol. The van der Waals surface area contributed by atoms with E-state index in [9.17, 15) is 0 Å². The van der Waals surface area contributed by atoms with Crippen LogP contribution in [0.1, 0.15) is 11.1 Å². The molecule has 0 radical (unpaired) electrons. The number of nitrogens with zero attached hydrogens (tertiary/aromatic N) is 1. The second-order valence-corrected chi connectivity index (χ2v) is 6.20. The predicted octanol–water partition coefficient (Wildman–Crippen LogP) is 3.85. The summed E-state index contributed by atoms with van der Waals surface area (Å²) in [4.78, 5) is 0. The standard InChI is InChI=1S/C17H18N2O2S2/c1-20-15-9-8-14(10-16(15)21-2)11-18-19-17(22)23-12-13-6-4-3-5-7-13/h3-11H,12H2,1-2H3,(H,19,22)/b18-11+. The van der Waals surface area contributed by atoms with Crippen molar-refractivity contribution < 1.29 is 9.47 Å². The molecule has 0 aliphatic carbocycles. The number of thiocarbonyl (C=S) groups is 1. The normalized spacial score (nSPS) is 10.5. The van der Waals surface area contributed by atoms with Crippen molar-refractivity contribution in [3.63, 3.8) is 0 Å². The lowest BCUT2D eigenvalue weighted by Crippen LogP contribution is -2.11. The molecule has 0 fully saturated rings. The summed E-state index contributed by atoms with van der Waals surface area (Å²) < 4.78 is 11.1. The molecule has 1 N–H and O–H groups in total. The molecule has 0 atom stereocenters. The summed E-state index contributed by atoms with van der Waals surface area (Å²) >= 11 is 6.79. The number of hydrogen-bond acceptors (Lipinski definition) is 5. The molecule has 0 amide bonds. The highest BCUT2D eigenvalue weighted by Gasteiger charge is 2.03. The lowest BCUT2D eigenvalue weighted by atomic mass is 10.2. The van der Waals surface area contributed by atoms with E-state index in [1.165, 1.54) is 5.56 Å². The average Bonchev–Trinajstić information content (AvgIpc) is 2.60. The van der Waals surface area contributed by atoms with E-state index in [1.54, 1.807) is 32.2 Å². The number of thioether (sulfide) groups is 1. The minimum Gasteiger partial charge on any atom is -0.493 e. The lowest BCUT2D eigenvalue weighted by Gasteiger charge is -2.07. The fourth-order valence-electron chi connectivity index (χ4n) is 1.85. The Morgan fingerprint density at radius 1 is 1.13 bits per heavy atom. The molecule has 2 aromatic carbocycles. The van der Waals surface area contributed by atoms with E-state index < -0.39 is 0 Å². The second-order valence-electron chi connectivity index (χ2n) is 4.55. The van der Waals surface area contributed by atoms with Gasteiger partial charge in [0.05, 0.1) is 20.4 Å². The molecule has 6 heteroatoms. The highest BCUT2D eigenvalue weighted by molar-refractivity contribution is 8.22. The van der Waals surface area contributed by atoms with Crippen LogP contribution < -0.4 is 14.9 Å². The SMILES string of the molecule is COc1ccc(/C=N/NC(=S)SCc2ccccc2)cc1OC. The molecule has 120 valence electrons. The fraction of sp³-hybridized carbons (Fsp3) is 0.176. The molecule has 0 aliphatic rings. The van der Waals surface area contributed by atoms with Crippen LogP contribution in [0.4, 0.5) is 0 Å². The average molecular weight is 346 g/mol. The zero-order valence-corrected chi connectivity index (χ0v) is 14.6. The first-order chi connectivity index (χ1) is 11.2. The molecule has 0 bridgehead atoms. The van der Waals surface area contributed by atoms with Gasteiger partial charge in [-0.15, -0.1) is 0 Å². The first-order valence-corrected chi connectivity index (χ1v) is 8.34. The first kappa shape index (κ1) is 17.3. The molecule has 0 aromatic heterocycles. The van der Waals surface area contributed by atoms with Crippen molar-refractivity contribution in [1.82, 2.24) is 5.43 Å². The zero-order valence-electron chi connectivity index (χ0n) is 13.0. The molecule has 0 saturated carbocycles. The molecule has 2 rings (SSSR count). The summed E-state index contributed by atoms with van der Waals surface area (Å²) in [5.74, 6) is 2.17. The molecule has 23 heavy (non-hydrogen) atoms. The topological polar surface area (TPSA) is 42.8 Å². The monoisotopic (exact) mass is 346 g/mol. The summed E-state index contributed by atoms with van der Waals surface area (Å²) in [7, 11) is 3.21. The van der Waals surface area contributed by atoms with Gasteiger partial charge < -0.3 is 9.47 Å². The number of benzene rings is 2. The summed E-state index contributed by atoms with van der Waals surface area (Å²) in [6.45, 7) is 0. The summed E-state index contributed by atoms with van der Waals surface area (Å²) in [5.41, 5.74) is 4.98. The van der Waals surface area contributed by atoms with Gasteiger partial charge in [-0.25, -0.2) is 0 Å². The Bertz CT molecular complexity index is 676. The fourth-order valence-corrected chi connectivity index (χ4v) is 2.68. The van der Waals surface area contributed by atoms with Crippen molar-refractivity contribution >= 4 is 34.5 Å². The zero-order chi connectivity index (χ0) is 16.5. The van der Waals surface area contributed by atoms with Gasteiger partial charge in [-0.1, -0.05) is 54.3 Å². The van der Waals surface area contributed by atoms with E-state index in [0.717, 1.165) is 11.3 Å². The molecule has 2 aromatic rings. The second kappa shape index (κ2) is 9.17. The van der Waals surface area contributed by atoms with Gasteiger partial charge in [0, 0.05) is 5.75 Å². The van der Waals surface area contributed by atoms with Crippen LogP contribution in [0.5, 0.6) is 11.5 Å². The van der Waals surface area contributed by atoms with Gasteiger partial charge in [0.1, 0.15) is 0 Å². The number of methoxy groups -OCH3 is 2. The van der Waals surface area contributed by atoms with E-state index >= 15 is 0 Å². The Kier molecular flexibility index (Phi) is 6.90. The van der Waals surface area contributed by atoms with E-state index in [0.29, 0.717) is 15.8 Å². The van der Waals surface area contributed by atoms with Gasteiger partial charge in [-0.2, -0.15) is 5.10 Å². The van der Waals surface area contributed by atoms with Crippen molar-refractivity contribution in [2.45, 2.75) is 5.75 Å². The Morgan fingerprint density at radius 3 is 2.57 bits per heavy atom. The maximum Gasteiger partial charge on any atom is 0.161 e. The summed E-state index contributed by atoms with van der Waals surface area (Å²) in [6, 6.07) is 15.8. The molecular formula is C17H18N2O2S2. The van der Waals surface area contributed by atoms with E-state index in [1.807, 2.05) is 36.4 Å². The number of hydrogen-bond donors (Lipinski definition) is 1. The van der Waals surface area contributed by atoms with Crippen LogP contribution in [0.3, 0.4) is 0 Å². The molecule has 0 aliphatic heterocycles. The van der Waals surface area contributed by atoms with E-state index in [2.05, 4.69) is 22.7 Å². The van der Waals surface area contributed by atoms with Crippen molar-refractivity contribution in [2.75, 3.05) is 14.2 Å². The third-order valence-corrected chi connectivity index (χ3v) is 4.27. The number of nitrogens with one attached hydrogen (secondary N) is 1. The van der Waals surface area contributed by atoms with Crippen LogP contribution in [0.25, 0.3) is 0 Å². The smallest absolute Gasteiger partial charge is 0.161 e. The van der Waals surface area contributed by atoms with Crippen molar-refractivity contribution in [1.29, 1.82) is 0 Å². The van der Waals surface area contributed by atoms with Crippen LogP contribution in [-0.2, 0) is 5.75 Å². The number of hydrazone groups is 1.